The molecule has 1 aromatic carbocycles. The molecule has 2 aromatic rings. The molecule has 0 saturated heterocycles. The van der Waals surface area contributed by atoms with Crippen molar-refractivity contribution in [1.82, 2.24) is 5.32 Å². The van der Waals surface area contributed by atoms with Crippen molar-refractivity contribution in [2.24, 2.45) is 0 Å². The van der Waals surface area contributed by atoms with Crippen LogP contribution < -0.4 is 5.32 Å². The van der Waals surface area contributed by atoms with E-state index < -0.39 is 0 Å². The van der Waals surface area contributed by atoms with Gasteiger partial charge in [0.15, 0.2) is 0 Å². The fourth-order valence-electron chi connectivity index (χ4n) is 1.95. The molecule has 1 atom stereocenters. The van der Waals surface area contributed by atoms with Gasteiger partial charge in [-0.15, -0.1) is 11.3 Å². The quantitative estimate of drug-likeness (QED) is 0.852. The summed E-state index contributed by atoms with van der Waals surface area (Å²) in [6, 6.07) is 8.79. The SMILES string of the molecule is CNC(Cc1ccc(Cl)s1)Cc1c(F)cccc1Cl. The fourth-order valence-corrected chi connectivity index (χ4v) is 3.36. The van der Waals surface area contributed by atoms with Gasteiger partial charge in [0.25, 0.3) is 0 Å². The number of nitrogens with one attached hydrogen (secondary N) is 1. The number of hydrogen-bond acceptors (Lipinski definition) is 2. The Labute approximate surface area is 126 Å². The minimum absolute atomic E-state index is 0.129. The van der Waals surface area contributed by atoms with Crippen molar-refractivity contribution in [3.05, 3.63) is 55.9 Å². The van der Waals surface area contributed by atoms with Crippen molar-refractivity contribution >= 4 is 34.5 Å². The van der Waals surface area contributed by atoms with Crippen molar-refractivity contribution in [3.63, 3.8) is 0 Å². The van der Waals surface area contributed by atoms with Crippen LogP contribution in [-0.2, 0) is 12.8 Å². The molecular weight excluding hydrogens is 304 g/mol. The van der Waals surface area contributed by atoms with E-state index in [1.54, 1.807) is 23.5 Å². The van der Waals surface area contributed by atoms with Gasteiger partial charge in [-0.2, -0.15) is 0 Å². The van der Waals surface area contributed by atoms with Crippen LogP contribution in [0.1, 0.15) is 10.4 Å². The predicted octanol–water partition coefficient (Wildman–Crippen LogP) is 4.57. The third kappa shape index (κ3) is 3.93. The van der Waals surface area contributed by atoms with Gasteiger partial charge in [-0.1, -0.05) is 29.3 Å². The lowest BCUT2D eigenvalue weighted by Gasteiger charge is -2.16. The number of likely N-dealkylation sites (N-methyl/N-ethyl adjacent to an activating group) is 1. The molecule has 1 aromatic heterocycles. The summed E-state index contributed by atoms with van der Waals surface area (Å²) < 4.78 is 14.5. The summed E-state index contributed by atoms with van der Waals surface area (Å²) in [7, 11) is 1.87. The maximum atomic E-state index is 13.8. The molecule has 19 heavy (non-hydrogen) atoms. The molecule has 0 bridgehead atoms. The first-order valence-corrected chi connectivity index (χ1v) is 7.51. The van der Waals surface area contributed by atoms with Gasteiger partial charge in [-0.05, 0) is 44.2 Å². The van der Waals surface area contributed by atoms with Gasteiger partial charge in [-0.3, -0.25) is 0 Å². The van der Waals surface area contributed by atoms with Gasteiger partial charge in [0.1, 0.15) is 5.82 Å². The van der Waals surface area contributed by atoms with Gasteiger partial charge in [-0.25, -0.2) is 4.39 Å². The molecule has 0 aliphatic carbocycles. The van der Waals surface area contributed by atoms with Crippen LogP contribution in [-0.4, -0.2) is 13.1 Å². The Kier molecular flexibility index (Phi) is 5.22. The Morgan fingerprint density at radius 1 is 1.21 bits per heavy atom. The molecule has 0 radical (unpaired) electrons. The normalized spacial score (nSPS) is 12.6. The molecule has 1 N–H and O–H groups in total. The number of rotatable bonds is 5. The van der Waals surface area contributed by atoms with E-state index >= 15 is 0 Å². The van der Waals surface area contributed by atoms with Gasteiger partial charge >= 0.3 is 0 Å². The lowest BCUT2D eigenvalue weighted by Crippen LogP contribution is -2.30. The van der Waals surface area contributed by atoms with Gasteiger partial charge < -0.3 is 5.32 Å². The molecule has 1 heterocycles. The third-order valence-electron chi connectivity index (χ3n) is 3.00. The van der Waals surface area contributed by atoms with Gasteiger partial charge in [0.2, 0.25) is 0 Å². The molecule has 5 heteroatoms. The summed E-state index contributed by atoms with van der Waals surface area (Å²) in [4.78, 5) is 1.18. The van der Waals surface area contributed by atoms with Crippen molar-refractivity contribution in [2.75, 3.05) is 7.05 Å². The Hall–Kier alpha value is -0.610. The van der Waals surface area contributed by atoms with Crippen molar-refractivity contribution in [2.45, 2.75) is 18.9 Å². The molecule has 0 aliphatic heterocycles. The maximum Gasteiger partial charge on any atom is 0.127 e. The highest BCUT2D eigenvalue weighted by molar-refractivity contribution is 7.16. The Morgan fingerprint density at radius 2 is 2.00 bits per heavy atom. The summed E-state index contributed by atoms with van der Waals surface area (Å²) >= 11 is 13.5. The smallest absolute Gasteiger partial charge is 0.127 e. The van der Waals surface area contributed by atoms with Crippen molar-refractivity contribution < 1.29 is 4.39 Å². The number of halogens is 3. The fraction of sp³-hybridized carbons (Fsp3) is 0.286. The zero-order chi connectivity index (χ0) is 13.8. The standard InChI is InChI=1S/C14H14Cl2FNS/c1-18-9(7-10-5-6-14(16)19-10)8-11-12(15)3-2-4-13(11)17/h2-6,9,18H,7-8H2,1H3. The molecule has 1 unspecified atom stereocenters. The first-order valence-electron chi connectivity index (χ1n) is 5.94. The zero-order valence-corrected chi connectivity index (χ0v) is 12.7. The van der Waals surface area contributed by atoms with E-state index in [4.69, 9.17) is 23.2 Å². The van der Waals surface area contributed by atoms with E-state index in [2.05, 4.69) is 5.32 Å². The lowest BCUT2D eigenvalue weighted by molar-refractivity contribution is 0.535. The second-order valence-electron chi connectivity index (χ2n) is 4.30. The molecule has 0 spiro atoms. The summed E-state index contributed by atoms with van der Waals surface area (Å²) in [5.41, 5.74) is 0.561. The van der Waals surface area contributed by atoms with E-state index in [1.165, 1.54) is 10.9 Å². The summed E-state index contributed by atoms with van der Waals surface area (Å²) in [5.74, 6) is -0.253. The highest BCUT2D eigenvalue weighted by Gasteiger charge is 2.15. The molecule has 2 rings (SSSR count). The van der Waals surface area contributed by atoms with Gasteiger partial charge in [0.05, 0.1) is 4.34 Å². The molecule has 0 amide bonds. The van der Waals surface area contributed by atoms with Crippen molar-refractivity contribution in [3.8, 4) is 0 Å². The monoisotopic (exact) mass is 317 g/mol. The van der Waals surface area contributed by atoms with Crippen LogP contribution in [0.3, 0.4) is 0 Å². The van der Waals surface area contributed by atoms with E-state index in [9.17, 15) is 4.39 Å². The van der Waals surface area contributed by atoms with Crippen LogP contribution >= 0.6 is 34.5 Å². The Morgan fingerprint density at radius 3 is 2.58 bits per heavy atom. The molecular formula is C14H14Cl2FNS. The first kappa shape index (κ1) is 14.8. The zero-order valence-electron chi connectivity index (χ0n) is 10.4. The predicted molar refractivity (Wildman–Crippen MR) is 81.0 cm³/mol. The van der Waals surface area contributed by atoms with Crippen LogP contribution in [0, 0.1) is 5.82 Å². The second kappa shape index (κ2) is 6.71. The molecule has 0 saturated carbocycles. The van der Waals surface area contributed by atoms with Crippen LogP contribution in [0.4, 0.5) is 4.39 Å². The molecule has 102 valence electrons. The highest BCUT2D eigenvalue weighted by atomic mass is 35.5. The lowest BCUT2D eigenvalue weighted by atomic mass is 10.0. The second-order valence-corrected chi connectivity index (χ2v) is 6.51. The molecule has 1 nitrogen and oxygen atoms in total. The van der Waals surface area contributed by atoms with E-state index in [1.807, 2.05) is 19.2 Å². The average molecular weight is 318 g/mol. The van der Waals surface area contributed by atoms with Crippen molar-refractivity contribution in [1.29, 1.82) is 0 Å². The summed E-state index contributed by atoms with van der Waals surface area (Å²) in [6.45, 7) is 0. The van der Waals surface area contributed by atoms with Gasteiger partial charge in [0, 0.05) is 21.5 Å². The number of thiophene rings is 1. The topological polar surface area (TPSA) is 12.0 Å². The van der Waals surface area contributed by atoms with Crippen LogP contribution in [0.5, 0.6) is 0 Å². The Bertz CT molecular complexity index is 536. The van der Waals surface area contributed by atoms with Crippen LogP contribution in [0.25, 0.3) is 0 Å². The van der Waals surface area contributed by atoms with E-state index in [-0.39, 0.29) is 11.9 Å². The molecule has 0 fully saturated rings. The molecule has 0 aliphatic rings. The average Bonchev–Trinajstić information content (AvgIpc) is 2.78. The minimum Gasteiger partial charge on any atom is -0.316 e. The Balaban J connectivity index is 2.11. The van der Waals surface area contributed by atoms with E-state index in [0.717, 1.165) is 10.8 Å². The van der Waals surface area contributed by atoms with Crippen LogP contribution in [0.15, 0.2) is 30.3 Å². The largest absolute Gasteiger partial charge is 0.316 e. The number of hydrogen-bond donors (Lipinski definition) is 1. The third-order valence-corrected chi connectivity index (χ3v) is 4.60. The van der Waals surface area contributed by atoms with Crippen LogP contribution in [0.2, 0.25) is 9.36 Å². The maximum absolute atomic E-state index is 13.8. The first-order chi connectivity index (χ1) is 9.10. The highest BCUT2D eigenvalue weighted by Crippen LogP contribution is 2.25. The summed E-state index contributed by atoms with van der Waals surface area (Å²) in [5, 5.41) is 3.68. The van der Waals surface area contributed by atoms with E-state index in [0.29, 0.717) is 17.0 Å². The number of benzene rings is 1. The summed E-state index contributed by atoms with van der Waals surface area (Å²) in [6.07, 6.45) is 1.36. The minimum atomic E-state index is -0.253.